The summed E-state index contributed by atoms with van der Waals surface area (Å²) in [6.07, 6.45) is 0.668. The molecule has 27 heavy (non-hydrogen) atoms. The molecule has 0 bridgehead atoms. The van der Waals surface area contributed by atoms with E-state index in [4.69, 9.17) is 27.9 Å². The van der Waals surface area contributed by atoms with Gasteiger partial charge in [-0.15, -0.1) is 0 Å². The molecule has 2 aromatic rings. The summed E-state index contributed by atoms with van der Waals surface area (Å²) < 4.78 is 5.52. The first-order chi connectivity index (χ1) is 13.0. The van der Waals surface area contributed by atoms with Crippen LogP contribution in [0.5, 0.6) is 5.75 Å². The van der Waals surface area contributed by atoms with Gasteiger partial charge in [0.05, 0.1) is 5.56 Å². The van der Waals surface area contributed by atoms with Gasteiger partial charge in [0.15, 0.2) is 12.9 Å². The first-order valence-electron chi connectivity index (χ1n) is 8.67. The van der Waals surface area contributed by atoms with E-state index in [-0.39, 0.29) is 12.5 Å². The fourth-order valence-corrected chi connectivity index (χ4v) is 3.28. The molecule has 0 N–H and O–H groups in total. The highest BCUT2D eigenvalue weighted by Gasteiger charge is 2.21. The molecule has 0 aliphatic carbocycles. The molecule has 1 amide bonds. The lowest BCUT2D eigenvalue weighted by Gasteiger charge is -2.34. The third-order valence-electron chi connectivity index (χ3n) is 4.49. The minimum Gasteiger partial charge on any atom is -0.483 e. The molecule has 1 fully saturated rings. The summed E-state index contributed by atoms with van der Waals surface area (Å²) >= 11 is 11.8. The van der Waals surface area contributed by atoms with Gasteiger partial charge in [-0.2, -0.15) is 0 Å². The average molecular weight is 407 g/mol. The number of aldehydes is 1. The van der Waals surface area contributed by atoms with Crippen LogP contribution in [0.1, 0.15) is 15.9 Å². The lowest BCUT2D eigenvalue weighted by Crippen LogP contribution is -2.49. The van der Waals surface area contributed by atoms with Gasteiger partial charge in [0, 0.05) is 42.8 Å². The van der Waals surface area contributed by atoms with Gasteiger partial charge in [-0.3, -0.25) is 14.5 Å². The smallest absolute Gasteiger partial charge is 0.260 e. The number of carbonyl (C=O) groups is 2. The van der Waals surface area contributed by atoms with E-state index in [1.54, 1.807) is 17.0 Å². The summed E-state index contributed by atoms with van der Waals surface area (Å²) in [5.41, 5.74) is 1.54. The van der Waals surface area contributed by atoms with E-state index >= 15 is 0 Å². The van der Waals surface area contributed by atoms with E-state index < -0.39 is 0 Å². The molecule has 142 valence electrons. The predicted molar refractivity (Wildman–Crippen MR) is 106 cm³/mol. The highest BCUT2D eigenvalue weighted by Crippen LogP contribution is 2.21. The molecule has 0 saturated carbocycles. The van der Waals surface area contributed by atoms with Crippen LogP contribution in [-0.2, 0) is 11.3 Å². The van der Waals surface area contributed by atoms with Crippen LogP contribution in [0.2, 0.25) is 10.0 Å². The number of rotatable bonds is 6. The van der Waals surface area contributed by atoms with Crippen LogP contribution in [0.15, 0.2) is 42.5 Å². The number of halogens is 2. The number of nitrogens with zero attached hydrogens (tertiary/aromatic N) is 2. The van der Waals surface area contributed by atoms with Crippen LogP contribution in [-0.4, -0.2) is 54.8 Å². The summed E-state index contributed by atoms with van der Waals surface area (Å²) in [6.45, 7) is 3.64. The maximum atomic E-state index is 12.4. The molecule has 0 spiro atoms. The van der Waals surface area contributed by atoms with E-state index in [0.717, 1.165) is 24.7 Å². The van der Waals surface area contributed by atoms with Gasteiger partial charge in [-0.1, -0.05) is 35.3 Å². The summed E-state index contributed by atoms with van der Waals surface area (Å²) in [6, 6.07) is 12.6. The molecule has 0 radical (unpaired) electrons. The molecular weight excluding hydrogens is 387 g/mol. The van der Waals surface area contributed by atoms with Gasteiger partial charge in [0.25, 0.3) is 5.91 Å². The van der Waals surface area contributed by atoms with Gasteiger partial charge in [-0.05, 0) is 35.9 Å². The number of benzene rings is 2. The molecule has 0 unspecified atom stereocenters. The SMILES string of the molecule is O=Cc1cc(Cl)ccc1OCC(=O)N1CCN(Cc2ccc(Cl)cc2)CC1. The molecule has 1 saturated heterocycles. The third-order valence-corrected chi connectivity index (χ3v) is 4.98. The number of ether oxygens (including phenoxy) is 1. The van der Waals surface area contributed by atoms with E-state index in [9.17, 15) is 9.59 Å². The lowest BCUT2D eigenvalue weighted by atomic mass is 10.2. The number of hydrogen-bond acceptors (Lipinski definition) is 4. The largest absolute Gasteiger partial charge is 0.483 e. The molecule has 1 aliphatic rings. The van der Waals surface area contributed by atoms with Gasteiger partial charge in [-0.25, -0.2) is 0 Å². The molecule has 2 aromatic carbocycles. The van der Waals surface area contributed by atoms with Gasteiger partial charge < -0.3 is 9.64 Å². The lowest BCUT2D eigenvalue weighted by molar-refractivity contribution is -0.135. The Bertz CT molecular complexity index is 803. The predicted octanol–water partition coefficient (Wildman–Crippen LogP) is 3.53. The second-order valence-electron chi connectivity index (χ2n) is 6.37. The molecule has 0 atom stereocenters. The molecule has 0 aromatic heterocycles. The van der Waals surface area contributed by atoms with E-state index in [2.05, 4.69) is 4.90 Å². The standard InChI is InChI=1S/C20H20Cl2N2O3/c21-17-3-1-15(2-4-17)12-23-7-9-24(10-8-23)20(26)14-27-19-6-5-18(22)11-16(19)13-25/h1-6,11,13H,7-10,12,14H2. The fraction of sp³-hybridized carbons (Fsp3) is 0.300. The van der Waals surface area contributed by atoms with Crippen molar-refractivity contribution in [2.24, 2.45) is 0 Å². The fourth-order valence-electron chi connectivity index (χ4n) is 2.98. The molecule has 5 nitrogen and oxygen atoms in total. The summed E-state index contributed by atoms with van der Waals surface area (Å²) in [4.78, 5) is 27.6. The minimum atomic E-state index is -0.0976. The summed E-state index contributed by atoms with van der Waals surface area (Å²) in [7, 11) is 0. The molecular formula is C20H20Cl2N2O3. The maximum Gasteiger partial charge on any atom is 0.260 e. The van der Waals surface area contributed by atoms with Crippen molar-refractivity contribution < 1.29 is 14.3 Å². The Labute approximate surface area is 168 Å². The van der Waals surface area contributed by atoms with Crippen molar-refractivity contribution in [2.45, 2.75) is 6.54 Å². The molecule has 1 aliphatic heterocycles. The van der Waals surface area contributed by atoms with Crippen molar-refractivity contribution in [1.29, 1.82) is 0 Å². The van der Waals surface area contributed by atoms with Crippen LogP contribution < -0.4 is 4.74 Å². The van der Waals surface area contributed by atoms with Crippen LogP contribution in [0.3, 0.4) is 0 Å². The minimum absolute atomic E-state index is 0.0899. The Morgan fingerprint density at radius 1 is 1.00 bits per heavy atom. The Hall–Kier alpha value is -2.08. The zero-order chi connectivity index (χ0) is 19.2. The first kappa shape index (κ1) is 19.7. The van der Waals surface area contributed by atoms with Crippen LogP contribution in [0.25, 0.3) is 0 Å². The Morgan fingerprint density at radius 3 is 2.33 bits per heavy atom. The number of amides is 1. The van der Waals surface area contributed by atoms with Crippen LogP contribution >= 0.6 is 23.2 Å². The number of carbonyl (C=O) groups excluding carboxylic acids is 2. The van der Waals surface area contributed by atoms with Crippen molar-refractivity contribution in [3.63, 3.8) is 0 Å². The molecule has 7 heteroatoms. The second-order valence-corrected chi connectivity index (χ2v) is 7.24. The van der Waals surface area contributed by atoms with E-state index in [1.165, 1.54) is 11.6 Å². The normalized spacial score (nSPS) is 14.8. The Kier molecular flexibility index (Phi) is 6.72. The van der Waals surface area contributed by atoms with Gasteiger partial charge in [0.2, 0.25) is 0 Å². The van der Waals surface area contributed by atoms with Crippen molar-refractivity contribution >= 4 is 35.4 Å². The van der Waals surface area contributed by atoms with Gasteiger partial charge >= 0.3 is 0 Å². The zero-order valence-corrected chi connectivity index (χ0v) is 16.2. The third kappa shape index (κ3) is 5.45. The number of hydrogen-bond donors (Lipinski definition) is 0. The van der Waals surface area contributed by atoms with Gasteiger partial charge in [0.1, 0.15) is 5.75 Å². The summed E-state index contributed by atoms with van der Waals surface area (Å²) in [5, 5.41) is 1.18. The zero-order valence-electron chi connectivity index (χ0n) is 14.7. The first-order valence-corrected chi connectivity index (χ1v) is 9.43. The van der Waals surface area contributed by atoms with Crippen molar-refractivity contribution in [2.75, 3.05) is 32.8 Å². The Balaban J connectivity index is 1.47. The Morgan fingerprint density at radius 2 is 1.67 bits per heavy atom. The van der Waals surface area contributed by atoms with Crippen LogP contribution in [0, 0.1) is 0 Å². The van der Waals surface area contributed by atoms with Crippen molar-refractivity contribution in [1.82, 2.24) is 9.80 Å². The monoisotopic (exact) mass is 406 g/mol. The van der Waals surface area contributed by atoms with Crippen molar-refractivity contribution in [3.05, 3.63) is 63.6 Å². The molecule has 1 heterocycles. The van der Waals surface area contributed by atoms with Crippen molar-refractivity contribution in [3.8, 4) is 5.75 Å². The van der Waals surface area contributed by atoms with Crippen LogP contribution in [0.4, 0.5) is 0 Å². The topological polar surface area (TPSA) is 49.9 Å². The average Bonchev–Trinajstić information content (AvgIpc) is 2.69. The highest BCUT2D eigenvalue weighted by atomic mass is 35.5. The van der Waals surface area contributed by atoms with E-state index in [1.807, 2.05) is 24.3 Å². The number of piperazine rings is 1. The quantitative estimate of drug-likeness (QED) is 0.688. The maximum absolute atomic E-state index is 12.4. The summed E-state index contributed by atoms with van der Waals surface area (Å²) in [5.74, 6) is 0.275. The molecule has 3 rings (SSSR count). The van der Waals surface area contributed by atoms with E-state index in [0.29, 0.717) is 35.7 Å². The second kappa shape index (κ2) is 9.22. The highest BCUT2D eigenvalue weighted by molar-refractivity contribution is 6.31.